The fraction of sp³-hybridized carbons (Fsp3) is 0.143. The molecule has 1 aromatic heterocycles. The number of aromatic nitrogens is 1. The van der Waals surface area contributed by atoms with E-state index in [1.165, 1.54) is 19.4 Å². The lowest BCUT2D eigenvalue weighted by molar-refractivity contribution is 0.0600. The number of pyridine rings is 1. The van der Waals surface area contributed by atoms with E-state index in [2.05, 4.69) is 9.72 Å². The molecule has 0 spiro atoms. The van der Waals surface area contributed by atoms with Crippen molar-refractivity contribution in [3.8, 4) is 0 Å². The number of hydrogen-bond donors (Lipinski definition) is 0. The van der Waals surface area contributed by atoms with Crippen molar-refractivity contribution in [3.63, 3.8) is 0 Å². The number of methoxy groups -OCH3 is 1. The highest BCUT2D eigenvalue weighted by Gasteiger charge is 2.10. The highest BCUT2D eigenvalue weighted by Crippen LogP contribution is 2.10. The van der Waals surface area contributed by atoms with Crippen LogP contribution in [0.3, 0.4) is 0 Å². The summed E-state index contributed by atoms with van der Waals surface area (Å²) in [7, 11) is 6.66. The predicted molar refractivity (Wildman–Crippen MR) is 46.0 cm³/mol. The van der Waals surface area contributed by atoms with Crippen LogP contribution >= 0.6 is 11.6 Å². The van der Waals surface area contributed by atoms with Crippen molar-refractivity contribution >= 4 is 30.9 Å². The third-order valence-electron chi connectivity index (χ3n) is 1.27. The Kier molecular flexibility index (Phi) is 2.71. The van der Waals surface area contributed by atoms with Gasteiger partial charge in [-0.2, -0.15) is 0 Å². The molecule has 0 saturated carbocycles. The maximum atomic E-state index is 11.0. The van der Waals surface area contributed by atoms with Crippen LogP contribution < -0.4 is 5.46 Å². The number of nitrogens with zero attached hydrogens (tertiary/aromatic N) is 1. The maximum Gasteiger partial charge on any atom is 0.340 e. The molecule has 5 heteroatoms. The van der Waals surface area contributed by atoms with Gasteiger partial charge in [-0.3, -0.25) is 0 Å². The van der Waals surface area contributed by atoms with Crippen molar-refractivity contribution in [2.75, 3.05) is 7.11 Å². The largest absolute Gasteiger partial charge is 0.465 e. The Morgan fingerprint density at radius 2 is 2.42 bits per heavy atom. The molecule has 2 radical (unpaired) electrons. The van der Waals surface area contributed by atoms with Crippen LogP contribution in [0.5, 0.6) is 0 Å². The van der Waals surface area contributed by atoms with E-state index < -0.39 is 5.97 Å². The smallest absolute Gasteiger partial charge is 0.340 e. The van der Waals surface area contributed by atoms with E-state index in [0.717, 1.165) is 0 Å². The second kappa shape index (κ2) is 3.58. The van der Waals surface area contributed by atoms with E-state index in [0.29, 0.717) is 5.46 Å². The van der Waals surface area contributed by atoms with Gasteiger partial charge in [-0.15, -0.1) is 0 Å². The highest BCUT2D eigenvalue weighted by atomic mass is 35.5. The Morgan fingerprint density at radius 1 is 1.75 bits per heavy atom. The predicted octanol–water partition coefficient (Wildman–Crippen LogP) is 0.315. The van der Waals surface area contributed by atoms with E-state index in [1.54, 1.807) is 0 Å². The van der Waals surface area contributed by atoms with Crippen LogP contribution in [0.4, 0.5) is 0 Å². The van der Waals surface area contributed by atoms with E-state index >= 15 is 0 Å². The SMILES string of the molecule is [B]c1cnc(Cl)c(C(=O)OC)c1. The molecule has 1 rings (SSSR count). The number of carbonyl (C=O) groups excluding carboxylic acids is 1. The Morgan fingerprint density at radius 3 is 3.00 bits per heavy atom. The lowest BCUT2D eigenvalue weighted by Gasteiger charge is -2.01. The first kappa shape index (κ1) is 9.07. The van der Waals surface area contributed by atoms with Gasteiger partial charge in [0.15, 0.2) is 0 Å². The number of esters is 1. The lowest BCUT2D eigenvalue weighted by atomic mass is 9.97. The fourth-order valence-electron chi connectivity index (χ4n) is 0.717. The summed E-state index contributed by atoms with van der Waals surface area (Å²) in [5.41, 5.74) is 0.555. The Balaban J connectivity index is 3.13. The van der Waals surface area contributed by atoms with E-state index in [9.17, 15) is 4.79 Å². The van der Waals surface area contributed by atoms with Crippen molar-refractivity contribution in [3.05, 3.63) is 23.0 Å². The first-order valence-electron chi connectivity index (χ1n) is 3.14. The van der Waals surface area contributed by atoms with Gasteiger partial charge in [-0.05, 0) is 0 Å². The van der Waals surface area contributed by atoms with E-state index in [1.807, 2.05) is 0 Å². The average molecular weight is 181 g/mol. The minimum absolute atomic E-state index is 0.0936. The summed E-state index contributed by atoms with van der Waals surface area (Å²) in [5.74, 6) is -0.542. The average Bonchev–Trinajstić information content (AvgIpc) is 2.08. The van der Waals surface area contributed by atoms with Crippen LogP contribution in [0.25, 0.3) is 0 Å². The normalized spacial score (nSPS) is 9.50. The van der Waals surface area contributed by atoms with Gasteiger partial charge >= 0.3 is 5.97 Å². The minimum Gasteiger partial charge on any atom is -0.465 e. The summed E-state index contributed by atoms with van der Waals surface area (Å²) >= 11 is 5.60. The van der Waals surface area contributed by atoms with Crippen LogP contribution in [-0.4, -0.2) is 25.9 Å². The molecule has 0 aliphatic heterocycles. The molecule has 0 aromatic carbocycles. The summed E-state index contributed by atoms with van der Waals surface area (Å²) in [6, 6.07) is 1.42. The quantitative estimate of drug-likeness (QED) is 0.356. The van der Waals surface area contributed by atoms with E-state index in [4.69, 9.17) is 19.4 Å². The summed E-state index contributed by atoms with van der Waals surface area (Å²) in [6.45, 7) is 0. The third-order valence-corrected chi connectivity index (χ3v) is 1.57. The van der Waals surface area contributed by atoms with Crippen LogP contribution in [0.2, 0.25) is 5.15 Å². The van der Waals surface area contributed by atoms with Gasteiger partial charge in [0, 0.05) is 6.20 Å². The monoisotopic (exact) mass is 181 g/mol. The molecule has 3 nitrogen and oxygen atoms in total. The molecule has 0 atom stereocenters. The molecule has 1 heterocycles. The molecule has 1 aromatic rings. The molecule has 0 amide bonds. The molecule has 0 saturated heterocycles. The lowest BCUT2D eigenvalue weighted by Crippen LogP contribution is -2.10. The zero-order chi connectivity index (χ0) is 9.14. The van der Waals surface area contributed by atoms with Gasteiger partial charge in [0.1, 0.15) is 13.0 Å². The van der Waals surface area contributed by atoms with Crippen molar-refractivity contribution < 1.29 is 9.53 Å². The highest BCUT2D eigenvalue weighted by molar-refractivity contribution is 6.35. The second-order valence-corrected chi connectivity index (χ2v) is 2.46. The molecular weight excluding hydrogens is 176 g/mol. The van der Waals surface area contributed by atoms with Gasteiger partial charge in [-0.25, -0.2) is 9.78 Å². The van der Waals surface area contributed by atoms with Gasteiger partial charge < -0.3 is 4.74 Å². The minimum atomic E-state index is -0.542. The molecular formula is C7H5BClNO2. The van der Waals surface area contributed by atoms with Crippen LogP contribution in [-0.2, 0) is 4.74 Å². The zero-order valence-electron chi connectivity index (χ0n) is 6.37. The van der Waals surface area contributed by atoms with Crippen LogP contribution in [0, 0.1) is 0 Å². The second-order valence-electron chi connectivity index (χ2n) is 2.10. The maximum absolute atomic E-state index is 11.0. The van der Waals surface area contributed by atoms with Crippen molar-refractivity contribution in [1.29, 1.82) is 0 Å². The molecule has 60 valence electrons. The van der Waals surface area contributed by atoms with Crippen LogP contribution in [0.15, 0.2) is 12.3 Å². The first-order valence-corrected chi connectivity index (χ1v) is 3.52. The zero-order valence-corrected chi connectivity index (χ0v) is 7.13. The van der Waals surface area contributed by atoms with E-state index in [-0.39, 0.29) is 10.7 Å². The molecule has 0 unspecified atom stereocenters. The standard InChI is InChI=1S/C7H5BClNO2/c1-12-7(11)5-2-4(8)3-10-6(5)9/h2-3H,1H3. The van der Waals surface area contributed by atoms with Crippen molar-refractivity contribution in [1.82, 2.24) is 4.98 Å². The molecule has 0 aliphatic rings. The first-order chi connectivity index (χ1) is 5.65. The van der Waals surface area contributed by atoms with Gasteiger partial charge in [0.25, 0.3) is 0 Å². The Hall–Kier alpha value is -1.03. The number of carbonyl (C=O) groups is 1. The molecule has 12 heavy (non-hydrogen) atoms. The van der Waals surface area contributed by atoms with Crippen LogP contribution in [0.1, 0.15) is 10.4 Å². The van der Waals surface area contributed by atoms with Gasteiger partial charge in [0.05, 0.1) is 12.7 Å². The van der Waals surface area contributed by atoms with Crippen molar-refractivity contribution in [2.45, 2.75) is 0 Å². The Labute approximate surface area is 76.1 Å². The van der Waals surface area contributed by atoms with Gasteiger partial charge in [0.2, 0.25) is 0 Å². The number of halogens is 1. The van der Waals surface area contributed by atoms with Gasteiger partial charge in [-0.1, -0.05) is 23.1 Å². The fourth-order valence-corrected chi connectivity index (χ4v) is 0.898. The topological polar surface area (TPSA) is 39.2 Å². The van der Waals surface area contributed by atoms with Crippen molar-refractivity contribution in [2.24, 2.45) is 0 Å². The molecule has 0 bridgehead atoms. The summed E-state index contributed by atoms with van der Waals surface area (Å²) < 4.78 is 4.45. The summed E-state index contributed by atoms with van der Waals surface area (Å²) in [6.07, 6.45) is 1.37. The summed E-state index contributed by atoms with van der Waals surface area (Å²) in [5, 5.41) is 0.0936. The number of ether oxygens (including phenoxy) is 1. The molecule has 0 N–H and O–H groups in total. The Bertz CT molecular complexity index is 316. The summed E-state index contributed by atoms with van der Waals surface area (Å²) in [4.78, 5) is 14.7. The number of hydrogen-bond acceptors (Lipinski definition) is 3. The third kappa shape index (κ3) is 1.77. The molecule has 0 aliphatic carbocycles. The number of rotatable bonds is 1. The molecule has 0 fully saturated rings.